The first-order valence-electron chi connectivity index (χ1n) is 8.55. The van der Waals surface area contributed by atoms with Crippen molar-refractivity contribution in [1.29, 1.82) is 0 Å². The molecule has 2 fully saturated rings. The summed E-state index contributed by atoms with van der Waals surface area (Å²) in [5.41, 5.74) is 0.500. The molecule has 20 heavy (non-hydrogen) atoms. The lowest BCUT2D eigenvalue weighted by Gasteiger charge is -2.42. The molecule has 1 aliphatic heterocycles. The zero-order valence-electron chi connectivity index (χ0n) is 13.9. The Kier molecular flexibility index (Phi) is 5.49. The van der Waals surface area contributed by atoms with E-state index in [1.807, 2.05) is 6.92 Å². The Bertz CT molecular complexity index is 303. The molecule has 1 aliphatic carbocycles. The monoisotopic (exact) mass is 282 g/mol. The van der Waals surface area contributed by atoms with Crippen molar-refractivity contribution >= 4 is 0 Å². The van der Waals surface area contributed by atoms with Crippen LogP contribution >= 0.6 is 0 Å². The lowest BCUT2D eigenvalue weighted by Crippen LogP contribution is -2.47. The van der Waals surface area contributed by atoms with E-state index in [0.717, 1.165) is 19.0 Å². The summed E-state index contributed by atoms with van der Waals surface area (Å²) in [5, 5.41) is 13.5. The first-order chi connectivity index (χ1) is 9.41. The van der Waals surface area contributed by atoms with Crippen LogP contribution in [-0.2, 0) is 0 Å². The van der Waals surface area contributed by atoms with E-state index in [1.165, 1.54) is 38.8 Å². The molecule has 2 aliphatic rings. The smallest absolute Gasteiger partial charge is 0.0552 e. The van der Waals surface area contributed by atoms with Gasteiger partial charge in [-0.15, -0.1) is 0 Å². The third kappa shape index (κ3) is 4.19. The van der Waals surface area contributed by atoms with E-state index in [0.29, 0.717) is 17.4 Å². The van der Waals surface area contributed by atoms with Gasteiger partial charge < -0.3 is 15.3 Å². The quantitative estimate of drug-likeness (QED) is 0.813. The van der Waals surface area contributed by atoms with Gasteiger partial charge in [0.1, 0.15) is 0 Å². The molecule has 0 aromatic carbocycles. The van der Waals surface area contributed by atoms with E-state index in [2.05, 4.69) is 31.0 Å². The molecule has 4 atom stereocenters. The number of aliphatic hydroxyl groups is 1. The highest BCUT2D eigenvalue weighted by Crippen LogP contribution is 2.39. The van der Waals surface area contributed by atoms with Crippen LogP contribution < -0.4 is 5.32 Å². The van der Waals surface area contributed by atoms with Crippen molar-refractivity contribution in [3.05, 3.63) is 0 Å². The summed E-state index contributed by atoms with van der Waals surface area (Å²) in [6.07, 6.45) is 5.02. The molecular weight excluding hydrogens is 248 g/mol. The van der Waals surface area contributed by atoms with Crippen LogP contribution in [0.4, 0.5) is 0 Å². The summed E-state index contributed by atoms with van der Waals surface area (Å²) in [7, 11) is 0. The van der Waals surface area contributed by atoms with Gasteiger partial charge in [-0.25, -0.2) is 0 Å². The summed E-state index contributed by atoms with van der Waals surface area (Å²) < 4.78 is 0. The Morgan fingerprint density at radius 1 is 1.35 bits per heavy atom. The summed E-state index contributed by atoms with van der Waals surface area (Å²) in [6.45, 7) is 13.6. The number of nitrogens with zero attached hydrogens (tertiary/aromatic N) is 1. The Morgan fingerprint density at radius 3 is 2.70 bits per heavy atom. The Balaban J connectivity index is 1.91. The van der Waals surface area contributed by atoms with Crippen molar-refractivity contribution in [2.24, 2.45) is 17.3 Å². The van der Waals surface area contributed by atoms with Crippen LogP contribution in [-0.4, -0.2) is 48.3 Å². The van der Waals surface area contributed by atoms with Gasteiger partial charge in [-0.2, -0.15) is 0 Å². The van der Waals surface area contributed by atoms with Crippen molar-refractivity contribution in [2.75, 3.05) is 26.2 Å². The third-order valence-electron chi connectivity index (χ3n) is 5.47. The van der Waals surface area contributed by atoms with E-state index in [9.17, 15) is 5.11 Å². The molecule has 0 amide bonds. The third-order valence-corrected chi connectivity index (χ3v) is 5.47. The minimum Gasteiger partial charge on any atom is -0.393 e. The maximum Gasteiger partial charge on any atom is 0.0552 e. The van der Waals surface area contributed by atoms with Crippen molar-refractivity contribution < 1.29 is 5.11 Å². The second-order valence-corrected chi connectivity index (χ2v) is 7.88. The van der Waals surface area contributed by atoms with Crippen LogP contribution in [0.2, 0.25) is 0 Å². The van der Waals surface area contributed by atoms with Crippen LogP contribution in [0.1, 0.15) is 53.4 Å². The second-order valence-electron chi connectivity index (χ2n) is 7.88. The van der Waals surface area contributed by atoms with E-state index in [1.54, 1.807) is 0 Å². The van der Waals surface area contributed by atoms with Gasteiger partial charge >= 0.3 is 0 Å². The lowest BCUT2D eigenvalue weighted by molar-refractivity contribution is 0.0973. The molecule has 1 saturated carbocycles. The topological polar surface area (TPSA) is 35.5 Å². The SMILES string of the molecule is CCNC1CCC(C)(C)CC1CN1CCC(C(C)O)C1. The normalized spacial score (nSPS) is 36.1. The molecule has 1 saturated heterocycles. The average Bonchev–Trinajstić information content (AvgIpc) is 2.81. The minimum atomic E-state index is -0.146. The second kappa shape index (κ2) is 6.76. The predicted octanol–water partition coefficient (Wildman–Crippen LogP) is 2.49. The van der Waals surface area contributed by atoms with Gasteiger partial charge in [-0.3, -0.25) is 0 Å². The van der Waals surface area contributed by atoms with Gasteiger partial charge in [0.05, 0.1) is 6.10 Å². The molecule has 0 aromatic heterocycles. The minimum absolute atomic E-state index is 0.146. The van der Waals surface area contributed by atoms with Gasteiger partial charge in [-0.05, 0) is 62.9 Å². The lowest BCUT2D eigenvalue weighted by atomic mass is 9.69. The summed E-state index contributed by atoms with van der Waals surface area (Å²) in [5.74, 6) is 1.26. The van der Waals surface area contributed by atoms with Gasteiger partial charge in [0.25, 0.3) is 0 Å². The fraction of sp³-hybridized carbons (Fsp3) is 1.00. The molecule has 2 rings (SSSR count). The van der Waals surface area contributed by atoms with E-state index >= 15 is 0 Å². The molecule has 0 bridgehead atoms. The van der Waals surface area contributed by atoms with E-state index in [4.69, 9.17) is 0 Å². The number of likely N-dealkylation sites (tertiary alicyclic amines) is 1. The Morgan fingerprint density at radius 2 is 2.10 bits per heavy atom. The maximum atomic E-state index is 9.76. The molecule has 3 heteroatoms. The zero-order valence-corrected chi connectivity index (χ0v) is 13.9. The van der Waals surface area contributed by atoms with E-state index < -0.39 is 0 Å². The number of aliphatic hydroxyl groups excluding tert-OH is 1. The van der Waals surface area contributed by atoms with Crippen molar-refractivity contribution in [3.8, 4) is 0 Å². The molecule has 4 unspecified atom stereocenters. The molecule has 0 spiro atoms. The standard InChI is InChI=1S/C17H34N2O/c1-5-18-16-6-8-17(3,4)10-15(16)12-19-9-7-14(11-19)13(2)20/h13-16,18,20H,5-12H2,1-4H3. The fourth-order valence-corrected chi connectivity index (χ4v) is 4.21. The van der Waals surface area contributed by atoms with Crippen LogP contribution in [0.25, 0.3) is 0 Å². The van der Waals surface area contributed by atoms with Crippen molar-refractivity contribution in [2.45, 2.75) is 65.5 Å². The van der Waals surface area contributed by atoms with Gasteiger partial charge in [0.2, 0.25) is 0 Å². The molecule has 0 radical (unpaired) electrons. The highest BCUT2D eigenvalue weighted by molar-refractivity contribution is 4.91. The van der Waals surface area contributed by atoms with Gasteiger partial charge in [0, 0.05) is 19.1 Å². The summed E-state index contributed by atoms with van der Waals surface area (Å²) in [6, 6.07) is 0.693. The average molecular weight is 282 g/mol. The van der Waals surface area contributed by atoms with Crippen molar-refractivity contribution in [3.63, 3.8) is 0 Å². The van der Waals surface area contributed by atoms with Crippen LogP contribution in [0.5, 0.6) is 0 Å². The van der Waals surface area contributed by atoms with Gasteiger partial charge in [-0.1, -0.05) is 20.8 Å². The molecule has 0 aromatic rings. The number of nitrogens with one attached hydrogen (secondary N) is 1. The first-order valence-corrected chi connectivity index (χ1v) is 8.55. The van der Waals surface area contributed by atoms with E-state index in [-0.39, 0.29) is 6.10 Å². The fourth-order valence-electron chi connectivity index (χ4n) is 4.21. The van der Waals surface area contributed by atoms with Crippen LogP contribution in [0.3, 0.4) is 0 Å². The predicted molar refractivity (Wildman–Crippen MR) is 84.8 cm³/mol. The highest BCUT2D eigenvalue weighted by atomic mass is 16.3. The number of hydrogen-bond acceptors (Lipinski definition) is 3. The Labute approximate surface area is 125 Å². The van der Waals surface area contributed by atoms with Gasteiger partial charge in [0.15, 0.2) is 0 Å². The van der Waals surface area contributed by atoms with Crippen LogP contribution in [0, 0.1) is 17.3 Å². The number of hydrogen-bond donors (Lipinski definition) is 2. The zero-order chi connectivity index (χ0) is 14.8. The molecule has 2 N–H and O–H groups in total. The number of rotatable bonds is 5. The Hall–Kier alpha value is -0.120. The summed E-state index contributed by atoms with van der Waals surface area (Å²) in [4.78, 5) is 2.59. The highest BCUT2D eigenvalue weighted by Gasteiger charge is 2.36. The molecular formula is C17H34N2O. The molecule has 118 valence electrons. The summed E-state index contributed by atoms with van der Waals surface area (Å²) >= 11 is 0. The first kappa shape index (κ1) is 16.3. The maximum absolute atomic E-state index is 9.76. The molecule has 1 heterocycles. The van der Waals surface area contributed by atoms with Crippen molar-refractivity contribution in [1.82, 2.24) is 10.2 Å². The van der Waals surface area contributed by atoms with Crippen LogP contribution in [0.15, 0.2) is 0 Å². The molecule has 3 nitrogen and oxygen atoms in total. The largest absolute Gasteiger partial charge is 0.393 e.